The molecule has 1 unspecified atom stereocenters. The normalized spacial score (nSPS) is 12.8. The average Bonchev–Trinajstić information content (AvgIpc) is 2.16. The Morgan fingerprint density at radius 1 is 1.54 bits per heavy atom. The molecule has 0 aliphatic rings. The van der Waals surface area contributed by atoms with E-state index in [0.717, 1.165) is 10.8 Å². The highest BCUT2D eigenvalue weighted by Crippen LogP contribution is 2.23. The summed E-state index contributed by atoms with van der Waals surface area (Å²) < 4.78 is 0. The zero-order chi connectivity index (χ0) is 9.68. The van der Waals surface area contributed by atoms with E-state index in [2.05, 4.69) is 9.97 Å². The molecule has 1 aromatic heterocycles. The number of aliphatic hydroxyl groups is 1. The van der Waals surface area contributed by atoms with E-state index < -0.39 is 0 Å². The van der Waals surface area contributed by atoms with Crippen molar-refractivity contribution in [2.45, 2.75) is 11.9 Å². The van der Waals surface area contributed by atoms with Crippen molar-refractivity contribution in [1.29, 1.82) is 0 Å². The van der Waals surface area contributed by atoms with E-state index in [1.54, 1.807) is 12.4 Å². The second-order valence-corrected chi connectivity index (χ2v) is 4.12. The van der Waals surface area contributed by atoms with Gasteiger partial charge in [-0.2, -0.15) is 0 Å². The van der Waals surface area contributed by atoms with Gasteiger partial charge in [-0.3, -0.25) is 0 Å². The predicted molar refractivity (Wildman–Crippen MR) is 54.0 cm³/mol. The Kier molecular flexibility index (Phi) is 4.48. The summed E-state index contributed by atoms with van der Waals surface area (Å²) in [5.74, 6) is 1.05. The van der Waals surface area contributed by atoms with E-state index in [1.807, 2.05) is 6.92 Å². The molecule has 0 bridgehead atoms. The van der Waals surface area contributed by atoms with Gasteiger partial charge in [0.25, 0.3) is 0 Å². The Balaban J connectivity index is 2.50. The third-order valence-corrected chi connectivity index (χ3v) is 3.14. The van der Waals surface area contributed by atoms with Gasteiger partial charge in [-0.05, 0) is 5.92 Å². The molecule has 0 saturated carbocycles. The first kappa shape index (κ1) is 10.8. The van der Waals surface area contributed by atoms with Gasteiger partial charge in [0.15, 0.2) is 5.15 Å². The van der Waals surface area contributed by atoms with E-state index in [-0.39, 0.29) is 12.5 Å². The number of halogens is 1. The smallest absolute Gasteiger partial charge is 0.161 e. The molecule has 0 fully saturated rings. The fourth-order valence-corrected chi connectivity index (χ4v) is 1.80. The van der Waals surface area contributed by atoms with Crippen LogP contribution in [0.2, 0.25) is 5.15 Å². The molecule has 0 aliphatic carbocycles. The summed E-state index contributed by atoms with van der Waals surface area (Å²) in [5, 5.41) is 9.95. The highest BCUT2D eigenvalue weighted by Gasteiger charge is 2.05. The van der Waals surface area contributed by atoms with Gasteiger partial charge in [0.1, 0.15) is 5.03 Å². The second-order valence-electron chi connectivity index (χ2n) is 2.75. The maximum atomic E-state index is 8.80. The topological polar surface area (TPSA) is 46.0 Å². The SMILES string of the molecule is CC(CO)CSc1nccnc1Cl. The first-order valence-electron chi connectivity index (χ1n) is 3.94. The third-order valence-electron chi connectivity index (χ3n) is 1.44. The van der Waals surface area contributed by atoms with Crippen molar-refractivity contribution in [1.82, 2.24) is 9.97 Å². The molecule has 5 heteroatoms. The lowest BCUT2D eigenvalue weighted by Crippen LogP contribution is -2.03. The summed E-state index contributed by atoms with van der Waals surface area (Å²) in [5.41, 5.74) is 0. The number of rotatable bonds is 4. The lowest BCUT2D eigenvalue weighted by molar-refractivity contribution is 0.250. The first-order chi connectivity index (χ1) is 6.24. The molecule has 0 saturated heterocycles. The number of hydrogen-bond donors (Lipinski definition) is 1. The minimum atomic E-state index is 0.185. The van der Waals surface area contributed by atoms with Gasteiger partial charge in [0.2, 0.25) is 0 Å². The zero-order valence-corrected chi connectivity index (χ0v) is 8.85. The van der Waals surface area contributed by atoms with E-state index >= 15 is 0 Å². The summed E-state index contributed by atoms with van der Waals surface area (Å²) in [6.07, 6.45) is 3.17. The number of thioether (sulfide) groups is 1. The number of hydrogen-bond acceptors (Lipinski definition) is 4. The van der Waals surface area contributed by atoms with Crippen molar-refractivity contribution in [2.24, 2.45) is 5.92 Å². The first-order valence-corrected chi connectivity index (χ1v) is 5.30. The van der Waals surface area contributed by atoms with Crippen LogP contribution < -0.4 is 0 Å². The van der Waals surface area contributed by atoms with Crippen molar-refractivity contribution in [2.75, 3.05) is 12.4 Å². The molecule has 1 heterocycles. The summed E-state index contributed by atoms with van der Waals surface area (Å²) in [4.78, 5) is 7.97. The van der Waals surface area contributed by atoms with Crippen molar-refractivity contribution >= 4 is 23.4 Å². The molecule has 0 aliphatic heterocycles. The maximum absolute atomic E-state index is 8.80. The summed E-state index contributed by atoms with van der Waals surface area (Å²) in [6.45, 7) is 2.15. The second kappa shape index (κ2) is 5.42. The molecule has 0 aromatic carbocycles. The lowest BCUT2D eigenvalue weighted by atomic mass is 10.2. The van der Waals surface area contributed by atoms with Crippen LogP contribution in [0.1, 0.15) is 6.92 Å². The Hall–Kier alpha value is -0.320. The number of aromatic nitrogens is 2. The molecule has 72 valence electrons. The standard InChI is InChI=1S/C8H11ClN2OS/c1-6(4-12)5-13-8-7(9)10-2-3-11-8/h2-3,6,12H,4-5H2,1H3. The zero-order valence-electron chi connectivity index (χ0n) is 7.27. The molecule has 1 atom stereocenters. The van der Waals surface area contributed by atoms with Crippen LogP contribution in [0.5, 0.6) is 0 Å². The summed E-state index contributed by atoms with van der Waals surface area (Å²) in [6, 6.07) is 0. The molecule has 3 nitrogen and oxygen atoms in total. The van der Waals surface area contributed by atoms with Gasteiger partial charge in [0, 0.05) is 24.8 Å². The summed E-state index contributed by atoms with van der Waals surface area (Å²) in [7, 11) is 0. The molecule has 0 amide bonds. The van der Waals surface area contributed by atoms with Crippen LogP contribution in [-0.4, -0.2) is 27.4 Å². The quantitative estimate of drug-likeness (QED) is 0.784. The van der Waals surface area contributed by atoms with Gasteiger partial charge in [-0.15, -0.1) is 11.8 Å². The molecule has 1 aromatic rings. The molecule has 1 N–H and O–H groups in total. The van der Waals surface area contributed by atoms with Gasteiger partial charge in [-0.25, -0.2) is 9.97 Å². The minimum absolute atomic E-state index is 0.185. The van der Waals surface area contributed by atoms with Crippen LogP contribution in [0.4, 0.5) is 0 Å². The van der Waals surface area contributed by atoms with Crippen LogP contribution >= 0.6 is 23.4 Å². The largest absolute Gasteiger partial charge is 0.396 e. The summed E-state index contributed by atoms with van der Waals surface area (Å²) >= 11 is 7.31. The van der Waals surface area contributed by atoms with E-state index in [0.29, 0.717) is 5.15 Å². The minimum Gasteiger partial charge on any atom is -0.396 e. The van der Waals surface area contributed by atoms with Crippen molar-refractivity contribution in [3.8, 4) is 0 Å². The Bertz CT molecular complexity index is 272. The molecule has 13 heavy (non-hydrogen) atoms. The number of nitrogens with zero attached hydrogens (tertiary/aromatic N) is 2. The number of aliphatic hydroxyl groups excluding tert-OH is 1. The van der Waals surface area contributed by atoms with Crippen LogP contribution in [-0.2, 0) is 0 Å². The molecule has 0 radical (unpaired) electrons. The molecular formula is C8H11ClN2OS. The average molecular weight is 219 g/mol. The van der Waals surface area contributed by atoms with Gasteiger partial charge in [0.05, 0.1) is 0 Å². The molecule has 0 spiro atoms. The van der Waals surface area contributed by atoms with E-state index in [9.17, 15) is 0 Å². The predicted octanol–water partition coefficient (Wildman–Crippen LogP) is 1.85. The van der Waals surface area contributed by atoms with Gasteiger partial charge in [-0.1, -0.05) is 18.5 Å². The van der Waals surface area contributed by atoms with Gasteiger partial charge < -0.3 is 5.11 Å². The van der Waals surface area contributed by atoms with Crippen LogP contribution in [0, 0.1) is 5.92 Å². The molecule has 1 rings (SSSR count). The fourth-order valence-electron chi connectivity index (χ4n) is 0.679. The van der Waals surface area contributed by atoms with Crippen molar-refractivity contribution in [3.63, 3.8) is 0 Å². The van der Waals surface area contributed by atoms with Crippen LogP contribution in [0.25, 0.3) is 0 Å². The molecular weight excluding hydrogens is 208 g/mol. The van der Waals surface area contributed by atoms with Crippen molar-refractivity contribution < 1.29 is 5.11 Å². The highest BCUT2D eigenvalue weighted by molar-refractivity contribution is 7.99. The van der Waals surface area contributed by atoms with E-state index in [4.69, 9.17) is 16.7 Å². The van der Waals surface area contributed by atoms with Crippen LogP contribution in [0.3, 0.4) is 0 Å². The highest BCUT2D eigenvalue weighted by atomic mass is 35.5. The Labute approximate surface area is 86.6 Å². The third kappa shape index (κ3) is 3.50. The Morgan fingerprint density at radius 2 is 2.23 bits per heavy atom. The lowest BCUT2D eigenvalue weighted by Gasteiger charge is -2.06. The van der Waals surface area contributed by atoms with Crippen molar-refractivity contribution in [3.05, 3.63) is 17.5 Å². The van der Waals surface area contributed by atoms with Crippen LogP contribution in [0.15, 0.2) is 17.4 Å². The maximum Gasteiger partial charge on any atom is 0.161 e. The van der Waals surface area contributed by atoms with Gasteiger partial charge >= 0.3 is 0 Å². The van der Waals surface area contributed by atoms with E-state index in [1.165, 1.54) is 11.8 Å². The Morgan fingerprint density at radius 3 is 2.85 bits per heavy atom. The monoisotopic (exact) mass is 218 g/mol. The fraction of sp³-hybridized carbons (Fsp3) is 0.500.